The van der Waals surface area contributed by atoms with E-state index in [0.717, 1.165) is 28.6 Å². The Balaban J connectivity index is 1.36. The predicted octanol–water partition coefficient (Wildman–Crippen LogP) is 4.88. The van der Waals surface area contributed by atoms with Gasteiger partial charge in [0.1, 0.15) is 23.3 Å². The lowest BCUT2D eigenvalue weighted by Gasteiger charge is -2.12. The molecule has 0 fully saturated rings. The largest absolute Gasteiger partial charge is 0.384 e. The van der Waals surface area contributed by atoms with E-state index in [1.165, 1.54) is 12.1 Å². The number of anilines is 2. The molecule has 0 saturated carbocycles. The Labute approximate surface area is 241 Å². The SMILES string of the molecule is CCC(O)Nc1cncc(-c2cc3c(-c4nc5c(-c6cc(F)cc(NCCN(C)C)c6)ccnc5[nH]4)n[nH]c3cn2)c1. The third-order valence-electron chi connectivity index (χ3n) is 6.91. The van der Waals surface area contributed by atoms with Gasteiger partial charge in [-0.15, -0.1) is 0 Å². The highest BCUT2D eigenvalue weighted by atomic mass is 19.1. The quantitative estimate of drug-likeness (QED) is 0.147. The normalized spacial score (nSPS) is 12.3. The van der Waals surface area contributed by atoms with Crippen LogP contribution in [-0.2, 0) is 0 Å². The van der Waals surface area contributed by atoms with Gasteiger partial charge in [0.25, 0.3) is 0 Å². The molecule has 5 heterocycles. The monoisotopic (exact) mass is 566 g/mol. The first-order valence-corrected chi connectivity index (χ1v) is 13.7. The molecule has 0 aliphatic heterocycles. The van der Waals surface area contributed by atoms with Gasteiger partial charge in [-0.25, -0.2) is 14.4 Å². The maximum absolute atomic E-state index is 14.7. The number of imidazole rings is 1. The molecular formula is C30H31FN10O. The van der Waals surface area contributed by atoms with Crippen molar-refractivity contribution in [3.05, 3.63) is 67.0 Å². The summed E-state index contributed by atoms with van der Waals surface area (Å²) in [4.78, 5) is 23.6. The number of hydrogen-bond donors (Lipinski definition) is 5. The van der Waals surface area contributed by atoms with Crippen molar-refractivity contribution in [2.75, 3.05) is 37.8 Å². The highest BCUT2D eigenvalue weighted by Crippen LogP contribution is 2.33. The first kappa shape index (κ1) is 27.2. The van der Waals surface area contributed by atoms with E-state index in [0.29, 0.717) is 58.3 Å². The Morgan fingerprint density at radius 3 is 2.71 bits per heavy atom. The molecule has 5 N–H and O–H groups in total. The van der Waals surface area contributed by atoms with Gasteiger partial charge in [-0.05, 0) is 62.5 Å². The molecule has 42 heavy (non-hydrogen) atoms. The average Bonchev–Trinajstić information content (AvgIpc) is 3.60. The van der Waals surface area contributed by atoms with Crippen molar-refractivity contribution < 1.29 is 9.50 Å². The average molecular weight is 567 g/mol. The molecule has 6 aromatic rings. The molecule has 0 bridgehead atoms. The summed E-state index contributed by atoms with van der Waals surface area (Å²) in [6.07, 6.45) is 6.67. The fraction of sp³-hybridized carbons (Fsp3) is 0.233. The topological polar surface area (TPSA) is 144 Å². The van der Waals surface area contributed by atoms with Crippen LogP contribution in [0.2, 0.25) is 0 Å². The Morgan fingerprint density at radius 2 is 1.88 bits per heavy atom. The molecule has 1 unspecified atom stereocenters. The van der Waals surface area contributed by atoms with Gasteiger partial charge < -0.3 is 25.6 Å². The smallest absolute Gasteiger partial charge is 0.160 e. The van der Waals surface area contributed by atoms with Crippen LogP contribution in [0.15, 0.2) is 61.2 Å². The summed E-state index contributed by atoms with van der Waals surface area (Å²) in [6.45, 7) is 3.40. The standard InChI is InChI=1S/C30H31FN10O/c1-4-26(42)36-21-11-18(14-32-15-21)24-13-23-25(16-35-24)39-40-28(23)30-37-27-22(5-6-34-29(27)38-30)17-9-19(31)12-20(10-17)33-7-8-41(2)3/h5-6,9-16,26,33,36,42H,4,7-8H2,1-3H3,(H,39,40)(H,34,37,38). The molecule has 11 nitrogen and oxygen atoms in total. The van der Waals surface area contributed by atoms with Gasteiger partial charge in [-0.3, -0.25) is 15.1 Å². The van der Waals surface area contributed by atoms with Crippen molar-refractivity contribution in [3.8, 4) is 33.9 Å². The fourth-order valence-electron chi connectivity index (χ4n) is 4.74. The molecule has 6 rings (SSSR count). The van der Waals surface area contributed by atoms with E-state index in [1.54, 1.807) is 24.8 Å². The number of aromatic amines is 2. The lowest BCUT2D eigenvalue weighted by Crippen LogP contribution is -2.20. The van der Waals surface area contributed by atoms with Crippen molar-refractivity contribution in [2.45, 2.75) is 19.6 Å². The van der Waals surface area contributed by atoms with E-state index >= 15 is 0 Å². The number of aliphatic hydroxyl groups is 1. The Bertz CT molecular complexity index is 1860. The molecule has 12 heteroatoms. The summed E-state index contributed by atoms with van der Waals surface area (Å²) in [5, 5.41) is 24.6. The van der Waals surface area contributed by atoms with E-state index in [2.05, 4.69) is 45.7 Å². The van der Waals surface area contributed by atoms with E-state index < -0.39 is 6.23 Å². The predicted molar refractivity (Wildman–Crippen MR) is 162 cm³/mol. The number of nitrogens with zero attached hydrogens (tertiary/aromatic N) is 6. The van der Waals surface area contributed by atoms with E-state index in [9.17, 15) is 9.50 Å². The number of benzene rings is 1. The highest BCUT2D eigenvalue weighted by Gasteiger charge is 2.18. The number of likely N-dealkylation sites (N-methyl/N-ethyl adjacent to an activating group) is 1. The minimum Gasteiger partial charge on any atom is -0.384 e. The molecule has 1 atom stereocenters. The Hall–Kier alpha value is -4.94. The van der Waals surface area contributed by atoms with Gasteiger partial charge in [0.15, 0.2) is 11.5 Å². The number of hydrogen-bond acceptors (Lipinski definition) is 9. The molecule has 0 saturated heterocycles. The first-order chi connectivity index (χ1) is 20.4. The number of aromatic nitrogens is 7. The second-order valence-corrected chi connectivity index (χ2v) is 10.3. The van der Waals surface area contributed by atoms with Gasteiger partial charge >= 0.3 is 0 Å². The molecule has 0 aliphatic rings. The van der Waals surface area contributed by atoms with Crippen LogP contribution in [0, 0.1) is 5.82 Å². The Kier molecular flexibility index (Phi) is 7.46. The summed E-state index contributed by atoms with van der Waals surface area (Å²) >= 11 is 0. The summed E-state index contributed by atoms with van der Waals surface area (Å²) in [5.41, 5.74) is 6.84. The maximum atomic E-state index is 14.7. The number of nitrogens with one attached hydrogen (secondary N) is 4. The summed E-state index contributed by atoms with van der Waals surface area (Å²) < 4.78 is 14.7. The van der Waals surface area contributed by atoms with Gasteiger partial charge in [0.2, 0.25) is 0 Å². The minimum atomic E-state index is -0.664. The van der Waals surface area contributed by atoms with Crippen molar-refractivity contribution in [1.29, 1.82) is 0 Å². The van der Waals surface area contributed by atoms with Gasteiger partial charge in [-0.2, -0.15) is 5.10 Å². The first-order valence-electron chi connectivity index (χ1n) is 13.7. The molecule has 214 valence electrons. The number of halogens is 1. The van der Waals surface area contributed by atoms with Crippen LogP contribution < -0.4 is 10.6 Å². The zero-order valence-electron chi connectivity index (χ0n) is 23.5. The van der Waals surface area contributed by atoms with Crippen molar-refractivity contribution >= 4 is 33.4 Å². The van der Waals surface area contributed by atoms with Crippen molar-refractivity contribution in [3.63, 3.8) is 0 Å². The van der Waals surface area contributed by atoms with Crippen LogP contribution in [0.4, 0.5) is 15.8 Å². The van der Waals surface area contributed by atoms with E-state index in [4.69, 9.17) is 4.98 Å². The summed E-state index contributed by atoms with van der Waals surface area (Å²) in [7, 11) is 3.99. The second-order valence-electron chi connectivity index (χ2n) is 10.3. The number of fused-ring (bicyclic) bond motifs is 2. The number of rotatable bonds is 10. The van der Waals surface area contributed by atoms with Crippen LogP contribution in [0.3, 0.4) is 0 Å². The van der Waals surface area contributed by atoms with Crippen molar-refractivity contribution in [2.24, 2.45) is 0 Å². The minimum absolute atomic E-state index is 0.336. The zero-order chi connectivity index (χ0) is 29.2. The third-order valence-corrected chi connectivity index (χ3v) is 6.91. The van der Waals surface area contributed by atoms with Crippen LogP contribution in [0.1, 0.15) is 13.3 Å². The lowest BCUT2D eigenvalue weighted by molar-refractivity contribution is 0.199. The lowest BCUT2D eigenvalue weighted by atomic mass is 10.0. The van der Waals surface area contributed by atoms with Crippen molar-refractivity contribution in [1.82, 2.24) is 40.0 Å². The van der Waals surface area contributed by atoms with Gasteiger partial charge in [0, 0.05) is 47.7 Å². The van der Waals surface area contributed by atoms with Crippen LogP contribution in [-0.4, -0.2) is 78.5 Å². The van der Waals surface area contributed by atoms with Gasteiger partial charge in [-0.1, -0.05) is 6.92 Å². The maximum Gasteiger partial charge on any atom is 0.160 e. The molecule has 5 aromatic heterocycles. The van der Waals surface area contributed by atoms with Crippen LogP contribution in [0.25, 0.3) is 56.0 Å². The van der Waals surface area contributed by atoms with Crippen LogP contribution >= 0.6 is 0 Å². The second kappa shape index (κ2) is 11.5. The third kappa shape index (κ3) is 5.62. The van der Waals surface area contributed by atoms with E-state index in [1.807, 2.05) is 45.3 Å². The molecule has 1 aromatic carbocycles. The highest BCUT2D eigenvalue weighted by molar-refractivity contribution is 5.97. The van der Waals surface area contributed by atoms with Crippen LogP contribution in [0.5, 0.6) is 0 Å². The summed E-state index contributed by atoms with van der Waals surface area (Å²) in [5.74, 6) is 0.186. The molecule has 0 spiro atoms. The summed E-state index contributed by atoms with van der Waals surface area (Å²) in [6, 6.07) is 10.5. The molecule has 0 aliphatic carbocycles. The Morgan fingerprint density at radius 1 is 1.02 bits per heavy atom. The van der Waals surface area contributed by atoms with Gasteiger partial charge in [0.05, 0.1) is 29.3 Å². The molecule has 0 radical (unpaired) electrons. The number of aliphatic hydroxyl groups excluding tert-OH is 1. The number of H-pyrrole nitrogens is 2. The fourth-order valence-corrected chi connectivity index (χ4v) is 4.74. The number of pyridine rings is 3. The van der Waals surface area contributed by atoms with E-state index in [-0.39, 0.29) is 5.82 Å². The zero-order valence-corrected chi connectivity index (χ0v) is 23.5. The molecule has 0 amide bonds. The molecular weight excluding hydrogens is 535 g/mol.